The van der Waals surface area contributed by atoms with E-state index in [0.29, 0.717) is 12.0 Å². The predicted octanol–water partition coefficient (Wildman–Crippen LogP) is 4.92. The average molecular weight is 276 g/mol. The Kier molecular flexibility index (Phi) is 4.48. The molecule has 0 saturated carbocycles. The van der Waals surface area contributed by atoms with Gasteiger partial charge in [0.25, 0.3) is 0 Å². The van der Waals surface area contributed by atoms with Crippen molar-refractivity contribution in [1.29, 1.82) is 0 Å². The van der Waals surface area contributed by atoms with Crippen LogP contribution in [0, 0.1) is 5.41 Å². The molecule has 0 saturated heterocycles. The summed E-state index contributed by atoms with van der Waals surface area (Å²) in [5, 5.41) is 0. The van der Waals surface area contributed by atoms with Gasteiger partial charge < -0.3 is 0 Å². The quantitative estimate of drug-likeness (QED) is 0.573. The summed E-state index contributed by atoms with van der Waals surface area (Å²) in [4.78, 5) is 12.2. The van der Waals surface area contributed by atoms with Crippen molar-refractivity contribution in [3.05, 3.63) is 29.8 Å². The lowest BCUT2D eigenvalue weighted by Crippen LogP contribution is -2.23. The van der Waals surface area contributed by atoms with E-state index in [1.54, 1.807) is 0 Å². The highest BCUT2D eigenvalue weighted by molar-refractivity contribution is 8.00. The van der Waals surface area contributed by atoms with Gasteiger partial charge >= 0.3 is 5.51 Å². The van der Waals surface area contributed by atoms with Gasteiger partial charge in [-0.2, -0.15) is 13.2 Å². The Balaban J connectivity index is 2.87. The fourth-order valence-electron chi connectivity index (χ4n) is 1.36. The molecule has 1 aromatic carbocycles. The van der Waals surface area contributed by atoms with Gasteiger partial charge in [0.05, 0.1) is 0 Å². The van der Waals surface area contributed by atoms with E-state index in [1.807, 2.05) is 20.8 Å². The van der Waals surface area contributed by atoms with Crippen LogP contribution in [-0.2, 0) is 0 Å². The lowest BCUT2D eigenvalue weighted by Gasteiger charge is -2.20. The lowest BCUT2D eigenvalue weighted by molar-refractivity contribution is -0.0328. The number of carbonyl (C=O) groups excluding carboxylic acids is 1. The van der Waals surface area contributed by atoms with Crippen LogP contribution in [0.25, 0.3) is 0 Å². The first-order valence-electron chi connectivity index (χ1n) is 5.56. The minimum absolute atomic E-state index is 0.0476. The number of Topliss-reactive ketones (excluding diaryl/α,β-unsaturated/α-hetero) is 1. The molecule has 0 aliphatic carbocycles. The van der Waals surface area contributed by atoms with E-state index in [2.05, 4.69) is 0 Å². The molecule has 5 heteroatoms. The van der Waals surface area contributed by atoms with Gasteiger partial charge in [0.1, 0.15) is 0 Å². The number of hydrogen-bond donors (Lipinski definition) is 0. The third kappa shape index (κ3) is 4.05. The van der Waals surface area contributed by atoms with Crippen molar-refractivity contribution < 1.29 is 18.0 Å². The van der Waals surface area contributed by atoms with Crippen molar-refractivity contribution in [1.82, 2.24) is 0 Å². The number of benzene rings is 1. The van der Waals surface area contributed by atoms with E-state index >= 15 is 0 Å². The van der Waals surface area contributed by atoms with Crippen LogP contribution in [0.4, 0.5) is 13.2 Å². The fraction of sp³-hybridized carbons (Fsp3) is 0.462. The highest BCUT2D eigenvalue weighted by Gasteiger charge is 2.30. The second kappa shape index (κ2) is 5.34. The molecular weight excluding hydrogens is 261 g/mol. The number of rotatable bonds is 4. The molecule has 0 aromatic heterocycles. The molecule has 0 bridgehead atoms. The lowest BCUT2D eigenvalue weighted by atomic mass is 9.82. The van der Waals surface area contributed by atoms with Crippen LogP contribution < -0.4 is 0 Å². The number of carbonyl (C=O) groups is 1. The van der Waals surface area contributed by atoms with Crippen molar-refractivity contribution in [2.45, 2.75) is 37.6 Å². The molecule has 0 fully saturated rings. The Labute approximate surface area is 109 Å². The maximum Gasteiger partial charge on any atom is 0.446 e. The molecule has 1 rings (SSSR count). The number of halogens is 3. The molecule has 0 radical (unpaired) electrons. The minimum atomic E-state index is -4.30. The van der Waals surface area contributed by atoms with Gasteiger partial charge in [-0.3, -0.25) is 4.79 Å². The molecule has 0 amide bonds. The molecule has 0 N–H and O–H groups in total. The Hall–Kier alpha value is -0.970. The third-order valence-corrected chi connectivity index (χ3v) is 3.59. The largest absolute Gasteiger partial charge is 0.446 e. The SMILES string of the molecule is CCC(C)(C)C(=O)c1ccc(SC(F)(F)F)cc1. The van der Waals surface area contributed by atoms with Crippen molar-refractivity contribution in [3.8, 4) is 0 Å². The van der Waals surface area contributed by atoms with E-state index in [0.717, 1.165) is 0 Å². The molecule has 0 heterocycles. The summed E-state index contributed by atoms with van der Waals surface area (Å²) in [7, 11) is 0. The van der Waals surface area contributed by atoms with E-state index < -0.39 is 10.9 Å². The van der Waals surface area contributed by atoms with Crippen LogP contribution in [0.5, 0.6) is 0 Å². The van der Waals surface area contributed by atoms with E-state index in [9.17, 15) is 18.0 Å². The first-order valence-corrected chi connectivity index (χ1v) is 6.38. The third-order valence-electron chi connectivity index (χ3n) is 2.85. The Morgan fingerprint density at radius 1 is 1.17 bits per heavy atom. The van der Waals surface area contributed by atoms with Crippen molar-refractivity contribution in [2.24, 2.45) is 5.41 Å². The van der Waals surface area contributed by atoms with Gasteiger partial charge in [0, 0.05) is 15.9 Å². The van der Waals surface area contributed by atoms with Crippen LogP contribution >= 0.6 is 11.8 Å². The Morgan fingerprint density at radius 2 is 1.67 bits per heavy atom. The molecule has 1 nitrogen and oxygen atoms in total. The minimum Gasteiger partial charge on any atom is -0.294 e. The number of thioether (sulfide) groups is 1. The van der Waals surface area contributed by atoms with Crippen molar-refractivity contribution in [3.63, 3.8) is 0 Å². The number of ketones is 1. The van der Waals surface area contributed by atoms with Gasteiger partial charge in [-0.15, -0.1) is 0 Å². The maximum absolute atomic E-state index is 12.1. The highest BCUT2D eigenvalue weighted by Crippen LogP contribution is 2.37. The number of hydrogen-bond acceptors (Lipinski definition) is 2. The van der Waals surface area contributed by atoms with Crippen molar-refractivity contribution in [2.75, 3.05) is 0 Å². The summed E-state index contributed by atoms with van der Waals surface area (Å²) in [6.45, 7) is 5.56. The highest BCUT2D eigenvalue weighted by atomic mass is 32.2. The zero-order chi connectivity index (χ0) is 14.0. The van der Waals surface area contributed by atoms with Gasteiger partial charge in [0.2, 0.25) is 0 Å². The summed E-state index contributed by atoms with van der Waals surface area (Å²) < 4.78 is 36.4. The first kappa shape index (κ1) is 15.1. The van der Waals surface area contributed by atoms with Gasteiger partial charge in [-0.1, -0.05) is 32.9 Å². The number of alkyl halides is 3. The standard InChI is InChI=1S/C13H15F3OS/c1-4-12(2,3)11(17)9-5-7-10(8-6-9)18-13(14,15)16/h5-8H,4H2,1-3H3. The molecule has 0 aliphatic rings. The molecule has 0 spiro atoms. The van der Waals surface area contributed by atoms with Crippen molar-refractivity contribution >= 4 is 17.5 Å². The summed E-state index contributed by atoms with van der Waals surface area (Å²) in [6.07, 6.45) is 0.685. The van der Waals surface area contributed by atoms with Crippen LogP contribution in [0.3, 0.4) is 0 Å². The first-order chi connectivity index (χ1) is 8.15. The van der Waals surface area contributed by atoms with Crippen LogP contribution in [-0.4, -0.2) is 11.3 Å². The summed E-state index contributed by atoms with van der Waals surface area (Å²) >= 11 is -0.177. The zero-order valence-electron chi connectivity index (χ0n) is 10.5. The smallest absolute Gasteiger partial charge is 0.294 e. The molecule has 100 valence electrons. The Bertz CT molecular complexity index is 421. The molecular formula is C13H15F3OS. The average Bonchev–Trinajstić information content (AvgIpc) is 2.27. The maximum atomic E-state index is 12.1. The zero-order valence-corrected chi connectivity index (χ0v) is 11.3. The molecule has 0 atom stereocenters. The van der Waals surface area contributed by atoms with Gasteiger partial charge in [0.15, 0.2) is 5.78 Å². The summed E-state index contributed by atoms with van der Waals surface area (Å²) in [5.74, 6) is -0.0476. The van der Waals surface area contributed by atoms with Crippen LogP contribution in [0.2, 0.25) is 0 Å². The monoisotopic (exact) mass is 276 g/mol. The molecule has 0 unspecified atom stereocenters. The topological polar surface area (TPSA) is 17.1 Å². The second-order valence-electron chi connectivity index (χ2n) is 4.64. The van der Waals surface area contributed by atoms with Crippen LogP contribution in [0.15, 0.2) is 29.2 Å². The van der Waals surface area contributed by atoms with Gasteiger partial charge in [-0.25, -0.2) is 0 Å². The van der Waals surface area contributed by atoms with Crippen LogP contribution in [0.1, 0.15) is 37.6 Å². The normalized spacial score (nSPS) is 12.6. The van der Waals surface area contributed by atoms with E-state index in [-0.39, 0.29) is 22.4 Å². The summed E-state index contributed by atoms with van der Waals surface area (Å²) in [5.41, 5.74) is -4.33. The molecule has 18 heavy (non-hydrogen) atoms. The molecule has 0 aliphatic heterocycles. The Morgan fingerprint density at radius 3 is 2.06 bits per heavy atom. The fourth-order valence-corrected chi connectivity index (χ4v) is 1.90. The predicted molar refractivity (Wildman–Crippen MR) is 66.8 cm³/mol. The van der Waals surface area contributed by atoms with E-state index in [4.69, 9.17) is 0 Å². The summed E-state index contributed by atoms with van der Waals surface area (Å²) in [6, 6.07) is 5.57. The van der Waals surface area contributed by atoms with E-state index in [1.165, 1.54) is 24.3 Å². The van der Waals surface area contributed by atoms with Gasteiger partial charge in [-0.05, 0) is 30.3 Å². The molecule has 1 aromatic rings. The second-order valence-corrected chi connectivity index (χ2v) is 5.78.